The van der Waals surface area contributed by atoms with E-state index in [2.05, 4.69) is 43.7 Å². The van der Waals surface area contributed by atoms with Crippen LogP contribution in [-0.2, 0) is 29.1 Å². The van der Waals surface area contributed by atoms with Crippen LogP contribution in [-0.4, -0.2) is 38.4 Å². The molecule has 2 N–H and O–H groups in total. The lowest BCUT2D eigenvalue weighted by Crippen LogP contribution is -2.36. The highest BCUT2D eigenvalue weighted by Gasteiger charge is 2.18. The fraction of sp³-hybridized carbons (Fsp3) is 0.385. The Balaban J connectivity index is 1.53. The maximum Gasteiger partial charge on any atom is 0.261 e. The zero-order chi connectivity index (χ0) is 26.2. The number of thioether (sulfide) groups is 1. The molecule has 3 aromatic rings. The van der Waals surface area contributed by atoms with Crippen molar-refractivity contribution >= 4 is 45.2 Å². The van der Waals surface area contributed by atoms with Crippen LogP contribution >= 0.6 is 27.7 Å². The van der Waals surface area contributed by atoms with Crippen molar-refractivity contribution in [2.45, 2.75) is 65.4 Å². The molecular formula is C26H32BrN5O3S. The van der Waals surface area contributed by atoms with Gasteiger partial charge in [-0.1, -0.05) is 30.8 Å². The third-order valence-electron chi connectivity index (χ3n) is 5.73. The molecule has 1 heterocycles. The molecule has 0 fully saturated rings. The van der Waals surface area contributed by atoms with Gasteiger partial charge in [0.05, 0.1) is 18.0 Å². The molecule has 0 unspecified atom stereocenters. The molecule has 0 saturated carbocycles. The van der Waals surface area contributed by atoms with Crippen LogP contribution in [0.2, 0.25) is 0 Å². The molecule has 2 aromatic carbocycles. The van der Waals surface area contributed by atoms with E-state index in [9.17, 15) is 9.59 Å². The summed E-state index contributed by atoms with van der Waals surface area (Å²) in [7, 11) is 0. The number of ether oxygens (including phenoxy) is 1. The van der Waals surface area contributed by atoms with Crippen molar-refractivity contribution in [3.8, 4) is 5.75 Å². The Morgan fingerprint density at radius 3 is 2.47 bits per heavy atom. The quantitative estimate of drug-likeness (QED) is 0.311. The molecule has 10 heteroatoms. The molecule has 36 heavy (non-hydrogen) atoms. The molecule has 0 saturated heterocycles. The van der Waals surface area contributed by atoms with Gasteiger partial charge in [0, 0.05) is 11.0 Å². The van der Waals surface area contributed by atoms with Crippen LogP contribution in [0, 0.1) is 13.8 Å². The summed E-state index contributed by atoms with van der Waals surface area (Å²) in [5.74, 6) is 1.07. The topological polar surface area (TPSA) is 98.1 Å². The lowest BCUT2D eigenvalue weighted by Gasteiger charge is -2.15. The van der Waals surface area contributed by atoms with Crippen molar-refractivity contribution in [2.75, 3.05) is 11.1 Å². The number of rotatable bonds is 11. The first-order valence-electron chi connectivity index (χ1n) is 11.9. The van der Waals surface area contributed by atoms with Gasteiger partial charge in [0.25, 0.3) is 5.91 Å². The van der Waals surface area contributed by atoms with Gasteiger partial charge >= 0.3 is 0 Å². The molecule has 1 aromatic heterocycles. The highest BCUT2D eigenvalue weighted by atomic mass is 79.9. The minimum absolute atomic E-state index is 0.137. The summed E-state index contributed by atoms with van der Waals surface area (Å²) in [4.78, 5) is 25.1. The fourth-order valence-corrected chi connectivity index (χ4v) is 4.82. The van der Waals surface area contributed by atoms with Gasteiger partial charge in [0.1, 0.15) is 5.75 Å². The van der Waals surface area contributed by atoms with E-state index in [1.165, 1.54) is 17.3 Å². The van der Waals surface area contributed by atoms with E-state index in [1.54, 1.807) is 6.92 Å². The third-order valence-corrected chi connectivity index (χ3v) is 7.36. The summed E-state index contributed by atoms with van der Waals surface area (Å²) in [6.07, 6.45) is 0.293. The van der Waals surface area contributed by atoms with E-state index < -0.39 is 6.10 Å². The van der Waals surface area contributed by atoms with Crippen LogP contribution in [0.3, 0.4) is 0 Å². The van der Waals surface area contributed by atoms with Crippen LogP contribution in [0.5, 0.6) is 5.75 Å². The molecule has 0 aliphatic rings. The second kappa shape index (κ2) is 12.9. The van der Waals surface area contributed by atoms with E-state index in [0.717, 1.165) is 27.7 Å². The number of carbonyl (C=O) groups excluding carboxylic acids is 2. The maximum absolute atomic E-state index is 12.6. The SMILES string of the molecule is CCc1ccc(O[C@H](C)C(=O)NCc2nnc(SCC(=O)Nc3cc(C)c(C)cc3Br)n2CC)cc1. The molecule has 8 nitrogen and oxygen atoms in total. The molecule has 192 valence electrons. The third kappa shape index (κ3) is 7.33. The number of hydrogen-bond acceptors (Lipinski definition) is 6. The number of hydrogen-bond donors (Lipinski definition) is 2. The molecule has 2 amide bonds. The molecular weight excluding hydrogens is 542 g/mol. The zero-order valence-corrected chi connectivity index (χ0v) is 23.6. The molecule has 1 atom stereocenters. The van der Waals surface area contributed by atoms with Crippen LogP contribution in [0.15, 0.2) is 46.0 Å². The number of halogens is 1. The van der Waals surface area contributed by atoms with Gasteiger partial charge in [0.2, 0.25) is 5.91 Å². The van der Waals surface area contributed by atoms with E-state index in [4.69, 9.17) is 4.74 Å². The summed E-state index contributed by atoms with van der Waals surface area (Å²) >= 11 is 4.81. The first-order chi connectivity index (χ1) is 17.2. The number of aromatic nitrogens is 3. The predicted octanol–water partition coefficient (Wildman–Crippen LogP) is 5.05. The predicted molar refractivity (Wildman–Crippen MR) is 146 cm³/mol. The summed E-state index contributed by atoms with van der Waals surface area (Å²) in [6, 6.07) is 11.7. The number of benzene rings is 2. The van der Waals surface area contributed by atoms with Gasteiger partial charge in [-0.15, -0.1) is 10.2 Å². The Kier molecular flexibility index (Phi) is 9.95. The zero-order valence-electron chi connectivity index (χ0n) is 21.2. The average molecular weight is 575 g/mol. The van der Waals surface area contributed by atoms with Gasteiger partial charge in [-0.25, -0.2) is 0 Å². The van der Waals surface area contributed by atoms with E-state index in [1.807, 2.05) is 61.7 Å². The summed E-state index contributed by atoms with van der Waals surface area (Å²) in [5.41, 5.74) is 4.20. The average Bonchev–Trinajstić information content (AvgIpc) is 3.26. The number of aryl methyl sites for hydroxylation is 3. The highest BCUT2D eigenvalue weighted by molar-refractivity contribution is 9.10. The van der Waals surface area contributed by atoms with Crippen LogP contribution < -0.4 is 15.4 Å². The Labute approximate surface area is 224 Å². The molecule has 0 bridgehead atoms. The number of carbonyl (C=O) groups is 2. The van der Waals surface area contributed by atoms with Crippen molar-refractivity contribution in [1.29, 1.82) is 0 Å². The normalized spacial score (nSPS) is 11.7. The molecule has 3 rings (SSSR count). The van der Waals surface area contributed by atoms with E-state index in [-0.39, 0.29) is 24.1 Å². The summed E-state index contributed by atoms with van der Waals surface area (Å²) in [6.45, 7) is 10.6. The minimum atomic E-state index is -0.655. The molecule has 0 radical (unpaired) electrons. The second-order valence-corrected chi connectivity index (χ2v) is 10.2. The lowest BCUT2D eigenvalue weighted by atomic mass is 10.1. The monoisotopic (exact) mass is 573 g/mol. The Hall–Kier alpha value is -2.85. The number of anilines is 1. The Bertz CT molecular complexity index is 1210. The Morgan fingerprint density at radius 1 is 1.11 bits per heavy atom. The lowest BCUT2D eigenvalue weighted by molar-refractivity contribution is -0.127. The van der Waals surface area contributed by atoms with E-state index >= 15 is 0 Å². The summed E-state index contributed by atoms with van der Waals surface area (Å²) < 4.78 is 8.49. The number of nitrogens with one attached hydrogen (secondary N) is 2. The maximum atomic E-state index is 12.6. The first kappa shape index (κ1) is 27.7. The van der Waals surface area contributed by atoms with Gasteiger partial charge in [-0.3, -0.25) is 9.59 Å². The molecule has 0 aliphatic heterocycles. The smallest absolute Gasteiger partial charge is 0.261 e. The highest BCUT2D eigenvalue weighted by Crippen LogP contribution is 2.26. The second-order valence-electron chi connectivity index (χ2n) is 8.37. The minimum Gasteiger partial charge on any atom is -0.481 e. The largest absolute Gasteiger partial charge is 0.481 e. The number of nitrogens with zero attached hydrogens (tertiary/aromatic N) is 3. The first-order valence-corrected chi connectivity index (χ1v) is 13.6. The van der Waals surface area contributed by atoms with Crippen LogP contribution in [0.25, 0.3) is 0 Å². The van der Waals surface area contributed by atoms with Crippen molar-refractivity contribution in [3.05, 3.63) is 63.4 Å². The van der Waals surface area contributed by atoms with E-state index in [0.29, 0.717) is 23.3 Å². The summed E-state index contributed by atoms with van der Waals surface area (Å²) in [5, 5.41) is 14.9. The van der Waals surface area contributed by atoms with Crippen LogP contribution in [0.4, 0.5) is 5.69 Å². The van der Waals surface area contributed by atoms with Crippen LogP contribution in [0.1, 0.15) is 43.3 Å². The van der Waals surface area contributed by atoms with Crippen molar-refractivity contribution in [3.63, 3.8) is 0 Å². The van der Waals surface area contributed by atoms with Gasteiger partial charge in [0.15, 0.2) is 17.1 Å². The van der Waals surface area contributed by atoms with Crippen molar-refractivity contribution in [1.82, 2.24) is 20.1 Å². The Morgan fingerprint density at radius 2 is 1.81 bits per heavy atom. The van der Waals surface area contributed by atoms with Gasteiger partial charge < -0.3 is 19.9 Å². The van der Waals surface area contributed by atoms with Gasteiger partial charge in [-0.05, 0) is 91.0 Å². The molecule has 0 spiro atoms. The van der Waals surface area contributed by atoms with Gasteiger partial charge in [-0.2, -0.15) is 0 Å². The molecule has 0 aliphatic carbocycles. The fourth-order valence-electron chi connectivity index (χ4n) is 3.44. The van der Waals surface area contributed by atoms with Crippen molar-refractivity contribution in [2.24, 2.45) is 0 Å². The number of amides is 2. The van der Waals surface area contributed by atoms with Crippen molar-refractivity contribution < 1.29 is 14.3 Å². The standard InChI is InChI=1S/C26H32BrN5O3S/c1-6-19-8-10-20(11-9-19)35-18(5)25(34)28-14-23-30-31-26(32(23)7-2)36-15-24(33)29-22-13-17(4)16(3)12-21(22)27/h8-13,18H,6-7,14-15H2,1-5H3,(H,28,34)(H,29,33)/t18-/m1/s1.